The van der Waals surface area contributed by atoms with Gasteiger partial charge < -0.3 is 10.2 Å². The molecule has 0 radical (unpaired) electrons. The number of rotatable bonds is 8. The zero-order valence-corrected chi connectivity index (χ0v) is 21.8. The molecule has 0 unspecified atom stereocenters. The summed E-state index contributed by atoms with van der Waals surface area (Å²) in [4.78, 5) is 30.6. The van der Waals surface area contributed by atoms with Crippen LogP contribution in [0.25, 0.3) is 0 Å². The summed E-state index contributed by atoms with van der Waals surface area (Å²) in [7, 11) is 0. The van der Waals surface area contributed by atoms with Crippen molar-refractivity contribution in [2.75, 3.05) is 23.3 Å². The molecule has 4 rings (SSSR count). The standard InChI is InChI=1S/C31H37N3O2/c1-5-27(26-10-7-6-8-11-26)30(35)32-28-20-23(4)12-17-29(28)34-19-9-18-33(31(34)36)21-24-13-15-25(16-14-24)22(2)3/h6-8,10-17,20,22,27H,5,9,18-19,21H2,1-4H3,(H,32,35)/t27-/m0/s1. The van der Waals surface area contributed by atoms with Crippen LogP contribution in [0.1, 0.15) is 67.7 Å². The smallest absolute Gasteiger partial charge is 0.324 e. The minimum Gasteiger partial charge on any atom is -0.324 e. The topological polar surface area (TPSA) is 52.7 Å². The summed E-state index contributed by atoms with van der Waals surface area (Å²) in [5, 5.41) is 3.15. The Morgan fingerprint density at radius 3 is 2.33 bits per heavy atom. The Morgan fingerprint density at radius 2 is 1.67 bits per heavy atom. The van der Waals surface area contributed by atoms with Crippen LogP contribution in [0, 0.1) is 6.92 Å². The van der Waals surface area contributed by atoms with Crippen molar-refractivity contribution in [2.45, 2.75) is 58.9 Å². The molecule has 0 bridgehead atoms. The molecular weight excluding hydrogens is 446 g/mol. The van der Waals surface area contributed by atoms with Gasteiger partial charge in [-0.3, -0.25) is 9.69 Å². The van der Waals surface area contributed by atoms with Crippen molar-refractivity contribution in [3.8, 4) is 0 Å². The molecule has 3 amide bonds. The number of hydrogen-bond acceptors (Lipinski definition) is 2. The van der Waals surface area contributed by atoms with Gasteiger partial charge in [-0.2, -0.15) is 0 Å². The van der Waals surface area contributed by atoms with Gasteiger partial charge in [0, 0.05) is 19.6 Å². The van der Waals surface area contributed by atoms with Crippen molar-refractivity contribution in [1.29, 1.82) is 0 Å². The highest BCUT2D eigenvalue weighted by Gasteiger charge is 2.29. The highest BCUT2D eigenvalue weighted by atomic mass is 16.2. The number of carbonyl (C=O) groups is 2. The van der Waals surface area contributed by atoms with E-state index < -0.39 is 0 Å². The van der Waals surface area contributed by atoms with Crippen LogP contribution >= 0.6 is 0 Å². The van der Waals surface area contributed by atoms with Gasteiger partial charge in [0.2, 0.25) is 5.91 Å². The first-order chi connectivity index (χ1) is 17.4. The van der Waals surface area contributed by atoms with E-state index in [-0.39, 0.29) is 17.9 Å². The van der Waals surface area contributed by atoms with Gasteiger partial charge in [0.15, 0.2) is 0 Å². The maximum absolute atomic E-state index is 13.6. The summed E-state index contributed by atoms with van der Waals surface area (Å²) in [5.41, 5.74) is 5.89. The Balaban J connectivity index is 1.54. The van der Waals surface area contributed by atoms with Gasteiger partial charge in [-0.05, 0) is 60.1 Å². The van der Waals surface area contributed by atoms with Crippen molar-refractivity contribution in [1.82, 2.24) is 4.90 Å². The van der Waals surface area contributed by atoms with Gasteiger partial charge >= 0.3 is 6.03 Å². The Hall–Kier alpha value is -3.60. The van der Waals surface area contributed by atoms with Crippen molar-refractivity contribution in [3.05, 3.63) is 95.1 Å². The first-order valence-corrected chi connectivity index (χ1v) is 13.0. The van der Waals surface area contributed by atoms with Crippen LogP contribution in [-0.4, -0.2) is 29.9 Å². The van der Waals surface area contributed by atoms with E-state index in [4.69, 9.17) is 0 Å². The maximum atomic E-state index is 13.6. The van der Waals surface area contributed by atoms with E-state index in [0.29, 0.717) is 31.1 Å². The molecule has 1 fully saturated rings. The summed E-state index contributed by atoms with van der Waals surface area (Å²) >= 11 is 0. The lowest BCUT2D eigenvalue weighted by Crippen LogP contribution is -2.49. The van der Waals surface area contributed by atoms with Crippen molar-refractivity contribution in [3.63, 3.8) is 0 Å². The zero-order valence-electron chi connectivity index (χ0n) is 21.8. The number of amides is 3. The van der Waals surface area contributed by atoms with Crippen LogP contribution < -0.4 is 10.2 Å². The second-order valence-electron chi connectivity index (χ2n) is 9.99. The van der Waals surface area contributed by atoms with Crippen LogP contribution in [0.2, 0.25) is 0 Å². The minimum absolute atomic E-state index is 0.0244. The molecule has 1 aliphatic heterocycles. The lowest BCUT2D eigenvalue weighted by atomic mass is 9.95. The molecule has 5 nitrogen and oxygen atoms in total. The van der Waals surface area contributed by atoms with Crippen LogP contribution in [0.4, 0.5) is 16.2 Å². The molecule has 1 aliphatic rings. The first-order valence-electron chi connectivity index (χ1n) is 13.0. The minimum atomic E-state index is -0.248. The van der Waals surface area contributed by atoms with Crippen molar-refractivity contribution in [2.24, 2.45) is 0 Å². The molecule has 3 aromatic rings. The van der Waals surface area contributed by atoms with Crippen LogP contribution in [0.5, 0.6) is 0 Å². The molecule has 0 spiro atoms. The molecule has 0 aromatic heterocycles. The third-order valence-corrected chi connectivity index (χ3v) is 6.96. The number of carbonyl (C=O) groups excluding carboxylic acids is 2. The maximum Gasteiger partial charge on any atom is 0.324 e. The van der Waals surface area contributed by atoms with E-state index in [1.165, 1.54) is 5.56 Å². The molecule has 188 valence electrons. The molecule has 5 heteroatoms. The van der Waals surface area contributed by atoms with Crippen molar-refractivity contribution >= 4 is 23.3 Å². The fourth-order valence-electron chi connectivity index (χ4n) is 4.84. The second-order valence-corrected chi connectivity index (χ2v) is 9.99. The summed E-state index contributed by atoms with van der Waals surface area (Å²) in [6.07, 6.45) is 1.57. The van der Waals surface area contributed by atoms with Crippen LogP contribution in [-0.2, 0) is 11.3 Å². The SMILES string of the molecule is CC[C@H](C(=O)Nc1cc(C)ccc1N1CCCN(Cc2ccc(C(C)C)cc2)C1=O)c1ccccc1. The average Bonchev–Trinajstić information content (AvgIpc) is 2.87. The number of nitrogens with one attached hydrogen (secondary N) is 1. The monoisotopic (exact) mass is 483 g/mol. The normalized spacial score (nSPS) is 14.8. The quantitative estimate of drug-likeness (QED) is 0.372. The number of aryl methyl sites for hydroxylation is 1. The summed E-state index contributed by atoms with van der Waals surface area (Å²) in [5.74, 6) is 0.180. The zero-order chi connectivity index (χ0) is 25.7. The predicted molar refractivity (Wildman–Crippen MR) is 148 cm³/mol. The molecule has 0 aliphatic carbocycles. The Labute approximate surface area is 215 Å². The third kappa shape index (κ3) is 5.78. The summed E-state index contributed by atoms with van der Waals surface area (Å²) in [6, 6.07) is 24.3. The molecule has 1 atom stereocenters. The third-order valence-electron chi connectivity index (χ3n) is 6.96. The molecule has 3 aromatic carbocycles. The Bertz CT molecular complexity index is 1190. The van der Waals surface area contributed by atoms with Gasteiger partial charge in [-0.1, -0.05) is 81.4 Å². The molecular formula is C31H37N3O2. The van der Waals surface area contributed by atoms with Gasteiger partial charge in [0.25, 0.3) is 0 Å². The Morgan fingerprint density at radius 1 is 0.944 bits per heavy atom. The number of urea groups is 1. The fraction of sp³-hybridized carbons (Fsp3) is 0.355. The number of nitrogens with zero attached hydrogens (tertiary/aromatic N) is 2. The summed E-state index contributed by atoms with van der Waals surface area (Å²) < 4.78 is 0. The van der Waals surface area contributed by atoms with Crippen LogP contribution in [0.15, 0.2) is 72.8 Å². The van der Waals surface area contributed by atoms with Gasteiger partial charge in [-0.15, -0.1) is 0 Å². The largest absolute Gasteiger partial charge is 0.324 e. The van der Waals surface area contributed by atoms with Gasteiger partial charge in [0.1, 0.15) is 0 Å². The average molecular weight is 484 g/mol. The second kappa shape index (κ2) is 11.4. The number of hydrogen-bond donors (Lipinski definition) is 1. The molecule has 1 saturated heterocycles. The fourth-order valence-corrected chi connectivity index (χ4v) is 4.84. The number of benzene rings is 3. The molecule has 0 saturated carbocycles. The molecule has 36 heavy (non-hydrogen) atoms. The highest BCUT2D eigenvalue weighted by Crippen LogP contribution is 2.32. The first kappa shape index (κ1) is 25.5. The summed E-state index contributed by atoms with van der Waals surface area (Å²) in [6.45, 7) is 10.3. The van der Waals surface area contributed by atoms with Crippen LogP contribution in [0.3, 0.4) is 0 Å². The van der Waals surface area contributed by atoms with E-state index in [1.54, 1.807) is 0 Å². The lowest BCUT2D eigenvalue weighted by molar-refractivity contribution is -0.117. The van der Waals surface area contributed by atoms with E-state index in [9.17, 15) is 9.59 Å². The van der Waals surface area contributed by atoms with E-state index in [2.05, 4.69) is 43.4 Å². The van der Waals surface area contributed by atoms with E-state index >= 15 is 0 Å². The Kier molecular flexibility index (Phi) is 8.09. The van der Waals surface area contributed by atoms with Crippen molar-refractivity contribution < 1.29 is 9.59 Å². The highest BCUT2D eigenvalue weighted by molar-refractivity contribution is 6.02. The number of anilines is 2. The predicted octanol–water partition coefficient (Wildman–Crippen LogP) is 7.08. The van der Waals surface area contributed by atoms with E-state index in [1.807, 2.05) is 72.2 Å². The lowest BCUT2D eigenvalue weighted by Gasteiger charge is -2.36. The van der Waals surface area contributed by atoms with Gasteiger partial charge in [0.05, 0.1) is 17.3 Å². The molecule has 1 N–H and O–H groups in total. The van der Waals surface area contributed by atoms with E-state index in [0.717, 1.165) is 35.3 Å². The van der Waals surface area contributed by atoms with Gasteiger partial charge in [-0.25, -0.2) is 4.79 Å². The molecule has 1 heterocycles.